The summed E-state index contributed by atoms with van der Waals surface area (Å²) in [4.78, 5) is 26.6. The molecule has 0 aliphatic carbocycles. The molecule has 0 saturated carbocycles. The highest BCUT2D eigenvalue weighted by Crippen LogP contribution is 2.14. The van der Waals surface area contributed by atoms with E-state index in [1.165, 1.54) is 25.3 Å². The molecule has 0 atom stereocenters. The third-order valence-electron chi connectivity index (χ3n) is 2.67. The number of halogens is 2. The molecule has 0 fully saturated rings. The van der Waals surface area contributed by atoms with E-state index in [-0.39, 0.29) is 17.9 Å². The fourth-order valence-electron chi connectivity index (χ4n) is 1.64. The minimum atomic E-state index is -0.813. The van der Waals surface area contributed by atoms with Crippen molar-refractivity contribution >= 4 is 11.8 Å². The van der Waals surface area contributed by atoms with Gasteiger partial charge in [0.1, 0.15) is 23.9 Å². The number of ketones is 1. The van der Waals surface area contributed by atoms with Crippen molar-refractivity contribution in [3.05, 3.63) is 65.0 Å². The van der Waals surface area contributed by atoms with Crippen LogP contribution in [0.1, 0.15) is 28.5 Å². The van der Waals surface area contributed by atoms with Gasteiger partial charge in [0.15, 0.2) is 0 Å². The Morgan fingerprint density at radius 3 is 2.57 bits per heavy atom. The largest absolute Gasteiger partial charge is 0.461 e. The summed E-state index contributed by atoms with van der Waals surface area (Å²) < 4.78 is 31.4. The van der Waals surface area contributed by atoms with E-state index in [0.717, 1.165) is 18.2 Å². The Balaban J connectivity index is 2.20. The first-order valence-corrected chi connectivity index (χ1v) is 6.05. The molecule has 4 nitrogen and oxygen atoms in total. The fourth-order valence-corrected chi connectivity index (χ4v) is 1.64. The van der Waals surface area contributed by atoms with Gasteiger partial charge >= 0.3 is 5.97 Å². The molecule has 21 heavy (non-hydrogen) atoms. The lowest BCUT2D eigenvalue weighted by Gasteiger charge is -2.04. The number of nitrogens with zero attached hydrogens (tertiary/aromatic N) is 1. The number of carbonyl (C=O) groups is 2. The lowest BCUT2D eigenvalue weighted by Crippen LogP contribution is -2.08. The first kappa shape index (κ1) is 14.8. The minimum absolute atomic E-state index is 0.0222. The highest BCUT2D eigenvalue weighted by molar-refractivity contribution is 6.07. The number of hydrogen-bond acceptors (Lipinski definition) is 4. The summed E-state index contributed by atoms with van der Waals surface area (Å²) in [5, 5.41) is 0. The highest BCUT2D eigenvalue weighted by Gasteiger charge is 2.16. The van der Waals surface area contributed by atoms with E-state index in [1.54, 1.807) is 0 Å². The SMILES string of the molecule is CC(=O)OCc1ccc(C(=O)c2cc(F)ccc2F)nc1. The zero-order chi connectivity index (χ0) is 15.4. The van der Waals surface area contributed by atoms with Crippen LogP contribution in [0.2, 0.25) is 0 Å². The van der Waals surface area contributed by atoms with Crippen molar-refractivity contribution in [3.63, 3.8) is 0 Å². The molecule has 1 aromatic heterocycles. The quantitative estimate of drug-likeness (QED) is 0.642. The molecule has 0 saturated heterocycles. The molecular formula is C15H11F2NO3. The zero-order valence-electron chi connectivity index (χ0n) is 11.1. The van der Waals surface area contributed by atoms with Gasteiger partial charge in [0.25, 0.3) is 0 Å². The average Bonchev–Trinajstić information content (AvgIpc) is 2.47. The maximum atomic E-state index is 13.5. The topological polar surface area (TPSA) is 56.3 Å². The summed E-state index contributed by atoms with van der Waals surface area (Å²) in [5.41, 5.74) is 0.183. The summed E-state index contributed by atoms with van der Waals surface area (Å²) >= 11 is 0. The number of aromatic nitrogens is 1. The predicted octanol–water partition coefficient (Wildman–Crippen LogP) is 2.65. The Bertz CT molecular complexity index is 684. The van der Waals surface area contributed by atoms with Crippen LogP contribution < -0.4 is 0 Å². The number of esters is 1. The molecular weight excluding hydrogens is 280 g/mol. The van der Waals surface area contributed by atoms with Crippen molar-refractivity contribution in [2.45, 2.75) is 13.5 Å². The van der Waals surface area contributed by atoms with Gasteiger partial charge in [-0.05, 0) is 24.3 Å². The van der Waals surface area contributed by atoms with Crippen LogP contribution in [-0.4, -0.2) is 16.7 Å². The molecule has 2 aromatic rings. The van der Waals surface area contributed by atoms with Crippen molar-refractivity contribution in [2.24, 2.45) is 0 Å². The summed E-state index contributed by atoms with van der Waals surface area (Å²) in [6.45, 7) is 1.31. The van der Waals surface area contributed by atoms with Crippen LogP contribution in [0.3, 0.4) is 0 Å². The van der Waals surface area contributed by atoms with E-state index in [1.807, 2.05) is 0 Å². The van der Waals surface area contributed by atoms with E-state index >= 15 is 0 Å². The van der Waals surface area contributed by atoms with Crippen LogP contribution in [0, 0.1) is 11.6 Å². The van der Waals surface area contributed by atoms with Crippen molar-refractivity contribution in [3.8, 4) is 0 Å². The van der Waals surface area contributed by atoms with Gasteiger partial charge in [-0.25, -0.2) is 8.78 Å². The van der Waals surface area contributed by atoms with Crippen molar-refractivity contribution in [1.29, 1.82) is 0 Å². The summed E-state index contributed by atoms with van der Waals surface area (Å²) in [5.74, 6) is -2.67. The maximum Gasteiger partial charge on any atom is 0.302 e. The van der Waals surface area contributed by atoms with E-state index < -0.39 is 23.4 Å². The summed E-state index contributed by atoms with van der Waals surface area (Å²) in [6.07, 6.45) is 1.34. The highest BCUT2D eigenvalue weighted by atomic mass is 19.1. The Labute approximate surface area is 119 Å². The number of hydrogen-bond donors (Lipinski definition) is 0. The van der Waals surface area contributed by atoms with Gasteiger partial charge in [-0.3, -0.25) is 14.6 Å². The fraction of sp³-hybridized carbons (Fsp3) is 0.133. The normalized spacial score (nSPS) is 10.2. The molecule has 0 radical (unpaired) electrons. The molecule has 108 valence electrons. The van der Waals surface area contributed by atoms with Crippen LogP contribution in [0.15, 0.2) is 36.5 Å². The molecule has 0 aliphatic rings. The molecule has 0 aliphatic heterocycles. The molecule has 0 bridgehead atoms. The summed E-state index contributed by atoms with van der Waals surface area (Å²) in [7, 11) is 0. The smallest absolute Gasteiger partial charge is 0.302 e. The number of ether oxygens (including phenoxy) is 1. The van der Waals surface area contributed by atoms with Crippen LogP contribution in [0.25, 0.3) is 0 Å². The predicted molar refractivity (Wildman–Crippen MR) is 69.5 cm³/mol. The van der Waals surface area contributed by atoms with Gasteiger partial charge < -0.3 is 4.74 Å². The second-order valence-electron chi connectivity index (χ2n) is 4.29. The van der Waals surface area contributed by atoms with Gasteiger partial charge in [0.05, 0.1) is 5.56 Å². The Morgan fingerprint density at radius 2 is 1.95 bits per heavy atom. The van der Waals surface area contributed by atoms with Crippen LogP contribution in [0.4, 0.5) is 8.78 Å². The average molecular weight is 291 g/mol. The third-order valence-corrected chi connectivity index (χ3v) is 2.67. The van der Waals surface area contributed by atoms with Gasteiger partial charge in [0, 0.05) is 18.7 Å². The van der Waals surface area contributed by atoms with Gasteiger partial charge in [-0.1, -0.05) is 6.07 Å². The second kappa shape index (κ2) is 6.21. The number of benzene rings is 1. The third kappa shape index (κ3) is 3.68. The summed E-state index contributed by atoms with van der Waals surface area (Å²) in [6, 6.07) is 5.54. The maximum absolute atomic E-state index is 13.5. The number of pyridine rings is 1. The lowest BCUT2D eigenvalue weighted by molar-refractivity contribution is -0.142. The lowest BCUT2D eigenvalue weighted by atomic mass is 10.1. The van der Waals surface area contributed by atoms with Gasteiger partial charge in [0.2, 0.25) is 5.78 Å². The Hall–Kier alpha value is -2.63. The standard InChI is InChI=1S/C15H11F2NO3/c1-9(19)21-8-10-2-5-14(18-7-10)15(20)12-6-11(16)3-4-13(12)17/h2-7H,8H2,1H3. The van der Waals surface area contributed by atoms with Crippen molar-refractivity contribution in [1.82, 2.24) is 4.98 Å². The van der Waals surface area contributed by atoms with Crippen molar-refractivity contribution < 1.29 is 23.1 Å². The van der Waals surface area contributed by atoms with E-state index in [0.29, 0.717) is 5.56 Å². The Morgan fingerprint density at radius 1 is 1.19 bits per heavy atom. The van der Waals surface area contributed by atoms with E-state index in [2.05, 4.69) is 4.98 Å². The molecule has 0 N–H and O–H groups in total. The monoisotopic (exact) mass is 291 g/mol. The van der Waals surface area contributed by atoms with Crippen LogP contribution in [-0.2, 0) is 16.1 Å². The molecule has 6 heteroatoms. The van der Waals surface area contributed by atoms with E-state index in [4.69, 9.17) is 4.74 Å². The van der Waals surface area contributed by atoms with Gasteiger partial charge in [-0.15, -0.1) is 0 Å². The van der Waals surface area contributed by atoms with Crippen LogP contribution >= 0.6 is 0 Å². The van der Waals surface area contributed by atoms with Gasteiger partial charge in [-0.2, -0.15) is 0 Å². The molecule has 0 spiro atoms. The van der Waals surface area contributed by atoms with Crippen molar-refractivity contribution in [2.75, 3.05) is 0 Å². The van der Waals surface area contributed by atoms with E-state index in [9.17, 15) is 18.4 Å². The first-order valence-electron chi connectivity index (χ1n) is 6.05. The number of rotatable bonds is 4. The molecule has 2 rings (SSSR count). The first-order chi connectivity index (χ1) is 9.97. The second-order valence-corrected chi connectivity index (χ2v) is 4.29. The van der Waals surface area contributed by atoms with Crippen LogP contribution in [0.5, 0.6) is 0 Å². The Kier molecular flexibility index (Phi) is 4.37. The minimum Gasteiger partial charge on any atom is -0.461 e. The number of carbonyl (C=O) groups excluding carboxylic acids is 2. The zero-order valence-corrected chi connectivity index (χ0v) is 11.1. The molecule has 0 unspecified atom stereocenters. The molecule has 1 aromatic carbocycles. The molecule has 0 amide bonds. The molecule has 1 heterocycles.